The van der Waals surface area contributed by atoms with E-state index < -0.39 is 21.7 Å². The van der Waals surface area contributed by atoms with Crippen molar-refractivity contribution in [2.24, 2.45) is 7.05 Å². The molecule has 25 heavy (non-hydrogen) atoms. The normalized spacial score (nSPS) is 11.5. The summed E-state index contributed by atoms with van der Waals surface area (Å²) in [5.74, 6) is -2.19. The Morgan fingerprint density at radius 1 is 1.04 bits per heavy atom. The lowest BCUT2D eigenvalue weighted by Gasteiger charge is -2.08. The van der Waals surface area contributed by atoms with Crippen molar-refractivity contribution < 1.29 is 17.2 Å². The second kappa shape index (κ2) is 6.45. The largest absolute Gasteiger partial charge is 0.264 e. The zero-order valence-corrected chi connectivity index (χ0v) is 14.4. The van der Waals surface area contributed by atoms with Gasteiger partial charge in [0, 0.05) is 23.7 Å². The smallest absolute Gasteiger partial charge is 0.263 e. The Kier molecular flexibility index (Phi) is 4.49. The third-order valence-corrected chi connectivity index (χ3v) is 5.06. The third-order valence-electron chi connectivity index (χ3n) is 3.46. The first-order chi connectivity index (χ1) is 11.8. The molecule has 0 atom stereocenters. The summed E-state index contributed by atoms with van der Waals surface area (Å²) in [6.07, 6.45) is 0. The Labute approximate surface area is 147 Å². The van der Waals surface area contributed by atoms with Crippen LogP contribution in [0.15, 0.2) is 53.4 Å². The zero-order chi connectivity index (χ0) is 18.2. The monoisotopic (exact) mass is 383 g/mol. The molecule has 3 aromatic rings. The van der Waals surface area contributed by atoms with Crippen molar-refractivity contribution in [2.75, 3.05) is 4.72 Å². The van der Waals surface area contributed by atoms with Crippen molar-refractivity contribution in [3.05, 3.63) is 65.2 Å². The molecule has 3 rings (SSSR count). The molecule has 0 aliphatic rings. The molecule has 0 saturated heterocycles. The SMILES string of the molecule is Cn1nc(-c2ccc(Cl)cc2)cc1NS(=O)(=O)c1ccc(F)c(F)c1. The van der Waals surface area contributed by atoms with Crippen LogP contribution in [0.25, 0.3) is 11.3 Å². The van der Waals surface area contributed by atoms with Gasteiger partial charge >= 0.3 is 0 Å². The lowest BCUT2D eigenvalue weighted by molar-refractivity contribution is 0.504. The van der Waals surface area contributed by atoms with Crippen molar-refractivity contribution in [3.63, 3.8) is 0 Å². The number of nitrogens with one attached hydrogen (secondary N) is 1. The van der Waals surface area contributed by atoms with Crippen LogP contribution in [0, 0.1) is 11.6 Å². The van der Waals surface area contributed by atoms with Crippen LogP contribution < -0.4 is 4.72 Å². The molecule has 0 amide bonds. The Hall–Kier alpha value is -2.45. The molecule has 0 fully saturated rings. The van der Waals surface area contributed by atoms with Crippen LogP contribution in [0.2, 0.25) is 5.02 Å². The third kappa shape index (κ3) is 3.64. The summed E-state index contributed by atoms with van der Waals surface area (Å²) in [5.41, 5.74) is 1.28. The number of anilines is 1. The van der Waals surface area contributed by atoms with E-state index in [2.05, 4.69) is 9.82 Å². The summed E-state index contributed by atoms with van der Waals surface area (Å²) in [6, 6.07) is 10.8. The average molecular weight is 384 g/mol. The van der Waals surface area contributed by atoms with Gasteiger partial charge in [-0.05, 0) is 30.3 Å². The van der Waals surface area contributed by atoms with E-state index in [9.17, 15) is 17.2 Å². The number of rotatable bonds is 4. The molecule has 0 aliphatic heterocycles. The predicted molar refractivity (Wildman–Crippen MR) is 90.8 cm³/mol. The molecule has 0 unspecified atom stereocenters. The summed E-state index contributed by atoms with van der Waals surface area (Å²) >= 11 is 5.84. The van der Waals surface area contributed by atoms with E-state index >= 15 is 0 Å². The van der Waals surface area contributed by atoms with Crippen LogP contribution in [-0.2, 0) is 17.1 Å². The molecule has 2 aromatic carbocycles. The first-order valence-corrected chi connectivity index (χ1v) is 8.90. The molecule has 0 saturated carbocycles. The lowest BCUT2D eigenvalue weighted by atomic mass is 10.1. The van der Waals surface area contributed by atoms with E-state index in [1.165, 1.54) is 10.7 Å². The van der Waals surface area contributed by atoms with E-state index in [4.69, 9.17) is 11.6 Å². The maximum atomic E-state index is 13.3. The summed E-state index contributed by atoms with van der Waals surface area (Å²) < 4.78 is 54.6. The van der Waals surface area contributed by atoms with Gasteiger partial charge < -0.3 is 0 Å². The van der Waals surface area contributed by atoms with E-state index in [1.807, 2.05) is 0 Å². The molecule has 0 aliphatic carbocycles. The van der Waals surface area contributed by atoms with Crippen molar-refractivity contribution >= 4 is 27.4 Å². The molecule has 1 N–H and O–H groups in total. The number of sulfonamides is 1. The first-order valence-electron chi connectivity index (χ1n) is 7.04. The maximum absolute atomic E-state index is 13.3. The number of hydrogen-bond acceptors (Lipinski definition) is 3. The van der Waals surface area contributed by atoms with Crippen LogP contribution in [0.1, 0.15) is 0 Å². The molecule has 5 nitrogen and oxygen atoms in total. The van der Waals surface area contributed by atoms with Gasteiger partial charge in [-0.3, -0.25) is 9.40 Å². The highest BCUT2D eigenvalue weighted by Crippen LogP contribution is 2.25. The van der Waals surface area contributed by atoms with Crippen molar-refractivity contribution in [1.82, 2.24) is 9.78 Å². The minimum atomic E-state index is -4.09. The minimum Gasteiger partial charge on any atom is -0.264 e. The predicted octanol–water partition coefficient (Wildman–Crippen LogP) is 3.82. The average Bonchev–Trinajstić information content (AvgIpc) is 2.91. The number of benzene rings is 2. The number of aromatic nitrogens is 2. The quantitative estimate of drug-likeness (QED) is 0.745. The molecular formula is C16H12ClF2N3O2S. The van der Waals surface area contributed by atoms with Crippen molar-refractivity contribution in [1.29, 1.82) is 0 Å². The Morgan fingerprint density at radius 3 is 2.36 bits per heavy atom. The fourth-order valence-corrected chi connectivity index (χ4v) is 3.38. The van der Waals surface area contributed by atoms with Crippen LogP contribution in [-0.4, -0.2) is 18.2 Å². The van der Waals surface area contributed by atoms with Gasteiger partial charge in [-0.2, -0.15) is 5.10 Å². The molecule has 0 spiro atoms. The molecule has 0 radical (unpaired) electrons. The van der Waals surface area contributed by atoms with Crippen LogP contribution in [0.3, 0.4) is 0 Å². The molecule has 130 valence electrons. The number of hydrogen-bond donors (Lipinski definition) is 1. The second-order valence-electron chi connectivity index (χ2n) is 5.23. The van der Waals surface area contributed by atoms with Crippen molar-refractivity contribution in [3.8, 4) is 11.3 Å². The van der Waals surface area contributed by atoms with Gasteiger partial charge in [0.05, 0.1) is 10.6 Å². The van der Waals surface area contributed by atoms with E-state index in [0.29, 0.717) is 16.8 Å². The van der Waals surface area contributed by atoms with Crippen LogP contribution in [0.4, 0.5) is 14.6 Å². The van der Waals surface area contributed by atoms with Gasteiger partial charge in [-0.15, -0.1) is 0 Å². The highest BCUT2D eigenvalue weighted by atomic mass is 35.5. The fourth-order valence-electron chi connectivity index (χ4n) is 2.17. The van der Waals surface area contributed by atoms with E-state index in [-0.39, 0.29) is 10.7 Å². The van der Waals surface area contributed by atoms with Gasteiger partial charge in [0.25, 0.3) is 10.0 Å². The second-order valence-corrected chi connectivity index (χ2v) is 7.35. The summed E-state index contributed by atoms with van der Waals surface area (Å²) in [4.78, 5) is -0.388. The molecule has 1 aromatic heterocycles. The molecular weight excluding hydrogens is 372 g/mol. The summed E-state index contributed by atoms with van der Waals surface area (Å²) in [7, 11) is -2.53. The molecule has 0 bridgehead atoms. The highest BCUT2D eigenvalue weighted by Gasteiger charge is 2.19. The van der Waals surface area contributed by atoms with Gasteiger partial charge in [-0.1, -0.05) is 23.7 Å². The minimum absolute atomic E-state index is 0.176. The Bertz CT molecular complexity index is 1030. The van der Waals surface area contributed by atoms with Gasteiger partial charge in [0.15, 0.2) is 11.6 Å². The van der Waals surface area contributed by atoms with Crippen LogP contribution >= 0.6 is 11.6 Å². The first kappa shape index (κ1) is 17.4. The fraction of sp³-hybridized carbons (Fsp3) is 0.0625. The summed E-state index contributed by atoms with van der Waals surface area (Å²) in [6.45, 7) is 0. The molecule has 1 heterocycles. The van der Waals surface area contributed by atoms with Crippen LogP contribution in [0.5, 0.6) is 0 Å². The topological polar surface area (TPSA) is 64.0 Å². The van der Waals surface area contributed by atoms with Gasteiger partial charge in [0.1, 0.15) is 5.82 Å². The highest BCUT2D eigenvalue weighted by molar-refractivity contribution is 7.92. The Balaban J connectivity index is 1.92. The maximum Gasteiger partial charge on any atom is 0.263 e. The van der Waals surface area contributed by atoms with E-state index in [0.717, 1.165) is 17.7 Å². The molecule has 9 heteroatoms. The van der Waals surface area contributed by atoms with Gasteiger partial charge in [-0.25, -0.2) is 17.2 Å². The van der Waals surface area contributed by atoms with Gasteiger partial charge in [0.2, 0.25) is 0 Å². The standard InChI is InChI=1S/C16H12ClF2N3O2S/c1-22-16(9-15(20-22)10-2-4-11(17)5-3-10)21-25(23,24)12-6-7-13(18)14(19)8-12/h2-9,21H,1H3. The Morgan fingerprint density at radius 2 is 1.72 bits per heavy atom. The lowest BCUT2D eigenvalue weighted by Crippen LogP contribution is -2.15. The number of aryl methyl sites for hydroxylation is 1. The number of halogens is 3. The van der Waals surface area contributed by atoms with Crippen molar-refractivity contribution in [2.45, 2.75) is 4.90 Å². The zero-order valence-electron chi connectivity index (χ0n) is 12.9. The number of nitrogens with zero attached hydrogens (tertiary/aromatic N) is 2. The van der Waals surface area contributed by atoms with E-state index in [1.54, 1.807) is 31.3 Å². The summed E-state index contributed by atoms with van der Waals surface area (Å²) in [5, 5.41) is 4.80.